The maximum atomic E-state index is 3.16. The molecule has 22 heavy (non-hydrogen) atoms. The maximum Gasteiger partial charge on any atom is -0.0650 e. The molecule has 0 aliphatic heterocycles. The van der Waals surface area contributed by atoms with Gasteiger partial charge in [-0.2, -0.15) is 11.1 Å². The molecule has 1 heteroatoms. The largest absolute Gasteiger partial charge is 0.272 e. The number of hydrogen-bond acceptors (Lipinski definition) is 0. The van der Waals surface area contributed by atoms with Crippen molar-refractivity contribution in [3.63, 3.8) is 0 Å². The Labute approximate surface area is 148 Å². The molecule has 0 radical (unpaired) electrons. The summed E-state index contributed by atoms with van der Waals surface area (Å²) >= 11 is 1.55. The van der Waals surface area contributed by atoms with Crippen LogP contribution in [0.1, 0.15) is 36.1 Å². The van der Waals surface area contributed by atoms with E-state index in [1.807, 2.05) is 0 Å². The molecule has 0 heterocycles. The summed E-state index contributed by atoms with van der Waals surface area (Å²) in [5.74, 6) is 0. The molecule has 2 aliphatic carbocycles. The first-order valence-corrected chi connectivity index (χ1v) is 8.70. The van der Waals surface area contributed by atoms with Crippen LogP contribution in [0.15, 0.2) is 48.5 Å². The molecular formula is C21H20Zr. The molecule has 0 N–H and O–H groups in total. The smallest absolute Gasteiger partial charge is 0.0650 e. The summed E-state index contributed by atoms with van der Waals surface area (Å²) < 4.78 is 1.51. The number of hydrogen-bond donors (Lipinski definition) is 0. The van der Waals surface area contributed by atoms with E-state index in [-0.39, 0.29) is 0 Å². The topological polar surface area (TPSA) is 0 Å². The molecule has 0 unspecified atom stereocenters. The molecule has 0 atom stereocenters. The van der Waals surface area contributed by atoms with Crippen molar-refractivity contribution in [2.24, 2.45) is 0 Å². The molecular weight excluding hydrogens is 343 g/mol. The third-order valence-corrected chi connectivity index (χ3v) is 3.21. The van der Waals surface area contributed by atoms with Gasteiger partial charge in [0.2, 0.25) is 0 Å². The standard InChI is InChI=1S/2C9H7.C3H6.Zr/c2*1-2-5-9-7-3-6-8(9)4-1;1-3-2;/h2*1-2,4-6H,7H2;1-2H3;/q2*-1;;+2. The van der Waals surface area contributed by atoms with Gasteiger partial charge in [0.05, 0.1) is 0 Å². The Bertz CT molecular complexity index is 633. The van der Waals surface area contributed by atoms with Crippen molar-refractivity contribution in [3.05, 3.63) is 82.9 Å². The molecule has 4 rings (SSSR count). The third kappa shape index (κ3) is 5.46. The summed E-state index contributed by atoms with van der Waals surface area (Å²) in [5, 5.41) is 0. The molecule has 0 bridgehead atoms. The van der Waals surface area contributed by atoms with Crippen molar-refractivity contribution >= 4 is 15.4 Å². The van der Waals surface area contributed by atoms with Crippen LogP contribution in [0.25, 0.3) is 12.2 Å². The number of benzene rings is 2. The van der Waals surface area contributed by atoms with Gasteiger partial charge in [-0.05, 0) is 0 Å². The molecule has 0 spiro atoms. The minimum atomic E-state index is 0.996. The molecule has 2 aromatic rings. The first-order chi connectivity index (χ1) is 10.7. The summed E-state index contributed by atoms with van der Waals surface area (Å²) in [4.78, 5) is 0. The Morgan fingerprint density at radius 2 is 1.14 bits per heavy atom. The summed E-state index contributed by atoms with van der Waals surface area (Å²) in [7, 11) is 0. The van der Waals surface area contributed by atoms with E-state index in [2.05, 4.69) is 86.7 Å². The van der Waals surface area contributed by atoms with Crippen LogP contribution in [0, 0.1) is 12.2 Å². The third-order valence-electron chi connectivity index (χ3n) is 3.21. The summed E-state index contributed by atoms with van der Waals surface area (Å²) in [5.41, 5.74) is 5.46. The van der Waals surface area contributed by atoms with Gasteiger partial charge < -0.3 is 0 Å². The first kappa shape index (κ1) is 17.0. The van der Waals surface area contributed by atoms with Crippen LogP contribution in [0.4, 0.5) is 0 Å². The average molecular weight is 364 g/mol. The fraction of sp³-hybridized carbons (Fsp3) is 0.190. The molecule has 0 saturated heterocycles. The van der Waals surface area contributed by atoms with Crippen LogP contribution >= 0.6 is 0 Å². The molecule has 0 saturated carbocycles. The number of fused-ring (bicyclic) bond motifs is 2. The Morgan fingerprint density at radius 3 is 1.50 bits per heavy atom. The molecule has 0 nitrogen and oxygen atoms in total. The number of allylic oxidation sites excluding steroid dienone is 2. The quantitative estimate of drug-likeness (QED) is 0.586. The van der Waals surface area contributed by atoms with E-state index in [0.29, 0.717) is 0 Å². The van der Waals surface area contributed by atoms with E-state index in [9.17, 15) is 0 Å². The van der Waals surface area contributed by atoms with Gasteiger partial charge in [0, 0.05) is 0 Å². The van der Waals surface area contributed by atoms with Crippen molar-refractivity contribution in [2.45, 2.75) is 26.7 Å². The van der Waals surface area contributed by atoms with Gasteiger partial charge in [-0.25, -0.2) is 12.2 Å². The average Bonchev–Trinajstić information content (AvgIpc) is 3.16. The zero-order valence-electron chi connectivity index (χ0n) is 13.2. The number of rotatable bonds is 0. The van der Waals surface area contributed by atoms with Crippen LogP contribution in [0.3, 0.4) is 0 Å². The molecule has 0 amide bonds. The van der Waals surface area contributed by atoms with Gasteiger partial charge in [0.1, 0.15) is 0 Å². The summed E-state index contributed by atoms with van der Waals surface area (Å²) in [6.45, 7) is 4.25. The van der Waals surface area contributed by atoms with Gasteiger partial charge in [-0.15, -0.1) is 36.1 Å². The Balaban J connectivity index is 0.000000131. The zero-order valence-corrected chi connectivity index (χ0v) is 15.6. The van der Waals surface area contributed by atoms with Crippen LogP contribution < -0.4 is 0 Å². The van der Waals surface area contributed by atoms with Gasteiger partial charge in [0.25, 0.3) is 0 Å². The molecule has 2 aliphatic rings. The Hall–Kier alpha value is -1.33. The first-order valence-electron chi connectivity index (χ1n) is 7.47. The van der Waals surface area contributed by atoms with Crippen LogP contribution in [0.5, 0.6) is 0 Å². The van der Waals surface area contributed by atoms with Crippen LogP contribution in [0.2, 0.25) is 0 Å². The van der Waals surface area contributed by atoms with E-state index in [1.165, 1.54) is 25.5 Å². The minimum Gasteiger partial charge on any atom is -0.272 e. The molecule has 2 aromatic carbocycles. The Morgan fingerprint density at radius 1 is 0.773 bits per heavy atom. The van der Waals surface area contributed by atoms with Gasteiger partial charge in [-0.1, -0.05) is 36.4 Å². The second kappa shape index (κ2) is 8.96. The fourth-order valence-corrected chi connectivity index (χ4v) is 2.21. The maximum absolute atomic E-state index is 3.16. The molecule has 0 fully saturated rings. The second-order valence-corrected chi connectivity index (χ2v) is 7.91. The normalized spacial score (nSPS) is 12.5. The second-order valence-electron chi connectivity index (χ2n) is 5.45. The van der Waals surface area contributed by atoms with Crippen molar-refractivity contribution in [1.29, 1.82) is 0 Å². The van der Waals surface area contributed by atoms with Gasteiger partial charge >= 0.3 is 41.3 Å². The van der Waals surface area contributed by atoms with Crippen molar-refractivity contribution in [3.8, 4) is 0 Å². The van der Waals surface area contributed by atoms with Crippen LogP contribution in [-0.2, 0) is 37.1 Å². The molecule has 108 valence electrons. The van der Waals surface area contributed by atoms with E-state index in [4.69, 9.17) is 0 Å². The SMILES string of the molecule is C[C](C)=[Zr+2].[C-]1=Cc2ccccc2C1.[C-]1=Cc2ccccc2C1. The van der Waals surface area contributed by atoms with Crippen molar-refractivity contribution in [1.82, 2.24) is 0 Å². The predicted octanol–water partition coefficient (Wildman–Crippen LogP) is 4.86. The predicted molar refractivity (Wildman–Crippen MR) is 92.1 cm³/mol. The van der Waals surface area contributed by atoms with E-state index >= 15 is 0 Å². The minimum absolute atomic E-state index is 0.996. The molecule has 0 aromatic heterocycles. The van der Waals surface area contributed by atoms with Gasteiger partial charge in [0.15, 0.2) is 0 Å². The van der Waals surface area contributed by atoms with E-state index in [1.54, 1.807) is 24.2 Å². The van der Waals surface area contributed by atoms with Gasteiger partial charge in [-0.3, -0.25) is 12.2 Å². The van der Waals surface area contributed by atoms with E-state index < -0.39 is 0 Å². The zero-order chi connectivity index (χ0) is 15.8. The fourth-order valence-electron chi connectivity index (χ4n) is 2.21. The summed E-state index contributed by atoms with van der Waals surface area (Å²) in [6, 6.07) is 16.8. The summed E-state index contributed by atoms with van der Waals surface area (Å²) in [6.07, 6.45) is 12.4. The Kier molecular flexibility index (Phi) is 6.94. The van der Waals surface area contributed by atoms with Crippen molar-refractivity contribution in [2.75, 3.05) is 0 Å². The van der Waals surface area contributed by atoms with Crippen LogP contribution in [-0.4, -0.2) is 3.21 Å². The monoisotopic (exact) mass is 362 g/mol. The van der Waals surface area contributed by atoms with Crippen molar-refractivity contribution < 1.29 is 24.2 Å². The van der Waals surface area contributed by atoms with E-state index in [0.717, 1.165) is 12.8 Å².